The van der Waals surface area contributed by atoms with Crippen molar-refractivity contribution in [2.75, 3.05) is 0 Å². The molecular weight excluding hydrogens is 585 g/mol. The molecule has 0 aliphatic heterocycles. The van der Waals surface area contributed by atoms with Crippen LogP contribution in [0.25, 0.3) is 56.1 Å². The molecule has 1 aliphatic rings. The molecule has 3 aromatic heterocycles. The van der Waals surface area contributed by atoms with Gasteiger partial charge in [0.2, 0.25) is 0 Å². The fourth-order valence-electron chi connectivity index (χ4n) is 4.17. The summed E-state index contributed by atoms with van der Waals surface area (Å²) in [6.45, 7) is 0. The normalized spacial score (nSPS) is 11.3. The maximum absolute atomic E-state index is 4.74. The molecule has 33 heavy (non-hydrogen) atoms. The van der Waals surface area contributed by atoms with Crippen molar-refractivity contribution in [3.05, 3.63) is 115 Å². The van der Waals surface area contributed by atoms with Crippen molar-refractivity contribution in [2.24, 2.45) is 0 Å². The van der Waals surface area contributed by atoms with Crippen LogP contribution in [0.15, 0.2) is 97.3 Å². The Morgan fingerprint density at radius 3 is 2.06 bits per heavy atom. The average molecular weight is 604 g/mol. The molecule has 0 N–H and O–H groups in total. The minimum atomic E-state index is 0. The van der Waals surface area contributed by atoms with E-state index in [2.05, 4.69) is 76.7 Å². The number of benzene rings is 3. The van der Waals surface area contributed by atoms with Gasteiger partial charge in [0.05, 0.1) is 16.6 Å². The van der Waals surface area contributed by atoms with Crippen molar-refractivity contribution < 1.29 is 21.1 Å². The van der Waals surface area contributed by atoms with E-state index in [9.17, 15) is 0 Å². The van der Waals surface area contributed by atoms with E-state index in [1.165, 1.54) is 16.5 Å². The number of fused-ring (bicyclic) bond motifs is 3. The number of hydrogen-bond donors (Lipinski definition) is 0. The van der Waals surface area contributed by atoms with Crippen LogP contribution in [0.2, 0.25) is 0 Å². The van der Waals surface area contributed by atoms with Crippen LogP contribution < -0.4 is 0 Å². The summed E-state index contributed by atoms with van der Waals surface area (Å²) in [7, 11) is 0. The van der Waals surface area contributed by atoms with Gasteiger partial charge in [-0.2, -0.15) is 0 Å². The van der Waals surface area contributed by atoms with E-state index in [4.69, 9.17) is 4.98 Å². The third kappa shape index (κ3) is 3.97. The monoisotopic (exact) mass is 603 g/mol. The zero-order chi connectivity index (χ0) is 21.3. The van der Waals surface area contributed by atoms with Crippen molar-refractivity contribution in [1.82, 2.24) is 15.0 Å². The zero-order valence-electron chi connectivity index (χ0n) is 17.6. The molecule has 3 nitrogen and oxygen atoms in total. The molecule has 0 unspecified atom stereocenters. The van der Waals surface area contributed by atoms with E-state index in [0.717, 1.165) is 38.6 Å². The summed E-state index contributed by atoms with van der Waals surface area (Å²) in [5.74, 6) is 0. The maximum Gasteiger partial charge on any atom is 0.0964 e. The molecule has 0 bridgehead atoms. The summed E-state index contributed by atoms with van der Waals surface area (Å²) in [6.07, 6.45) is 7.91. The second kappa shape index (κ2) is 9.05. The molecule has 0 saturated heterocycles. The molecule has 6 aromatic rings. The van der Waals surface area contributed by atoms with E-state index in [1.807, 2.05) is 36.4 Å². The summed E-state index contributed by atoms with van der Waals surface area (Å²) < 4.78 is 0. The SMILES string of the molecule is [Pt].[c-]1ccccc1-c1cc2c3c(cccc3n1)C=C2.c1cnc2c(c1)ccc1cccnc12. The minimum Gasteiger partial charge on any atom is -0.296 e. The van der Waals surface area contributed by atoms with Crippen LogP contribution in [-0.4, -0.2) is 15.0 Å². The predicted molar refractivity (Wildman–Crippen MR) is 132 cm³/mol. The van der Waals surface area contributed by atoms with Crippen LogP contribution in [-0.2, 0) is 21.1 Å². The first-order valence-electron chi connectivity index (χ1n) is 10.5. The average Bonchev–Trinajstić information content (AvgIpc) is 3.29. The quantitative estimate of drug-likeness (QED) is 0.150. The first kappa shape index (κ1) is 21.2. The Labute approximate surface area is 206 Å². The summed E-state index contributed by atoms with van der Waals surface area (Å²) >= 11 is 0. The van der Waals surface area contributed by atoms with Crippen LogP contribution >= 0.6 is 0 Å². The predicted octanol–water partition coefficient (Wildman–Crippen LogP) is 6.97. The van der Waals surface area contributed by atoms with Gasteiger partial charge in [0.15, 0.2) is 0 Å². The molecule has 0 radical (unpaired) electrons. The van der Waals surface area contributed by atoms with Gasteiger partial charge in [-0.15, -0.1) is 35.9 Å². The zero-order valence-corrected chi connectivity index (χ0v) is 19.8. The Hall–Kier alpha value is -3.68. The van der Waals surface area contributed by atoms with E-state index in [1.54, 1.807) is 12.4 Å². The van der Waals surface area contributed by atoms with Gasteiger partial charge in [-0.25, -0.2) is 0 Å². The minimum absolute atomic E-state index is 0. The van der Waals surface area contributed by atoms with Crippen LogP contribution in [0.4, 0.5) is 0 Å². The molecule has 3 heterocycles. The summed E-state index contributed by atoms with van der Waals surface area (Å²) in [6, 6.07) is 31.7. The molecule has 4 heteroatoms. The molecule has 1 aliphatic carbocycles. The Morgan fingerprint density at radius 1 is 0.636 bits per heavy atom. The molecule has 0 atom stereocenters. The fraction of sp³-hybridized carbons (Fsp3) is 0. The first-order chi connectivity index (χ1) is 15.9. The Balaban J connectivity index is 0.000000138. The van der Waals surface area contributed by atoms with Gasteiger partial charge in [0.1, 0.15) is 0 Å². The van der Waals surface area contributed by atoms with Crippen molar-refractivity contribution in [1.29, 1.82) is 0 Å². The first-order valence-corrected chi connectivity index (χ1v) is 10.5. The third-order valence-electron chi connectivity index (χ3n) is 5.67. The molecule has 160 valence electrons. The Kier molecular flexibility index (Phi) is 5.81. The van der Waals surface area contributed by atoms with Gasteiger partial charge < -0.3 is 0 Å². The standard InChI is InChI=1S/C17H10N.C12H8N2.Pt/c1-2-5-12(6-3-1)16-11-14-10-9-13-7-4-8-15(18-16)17(13)14;1-3-9-5-6-10-4-2-8-14-12(10)11(9)13-7-1;/h1-5,7-11H;1-8H;/q-1;;. The van der Waals surface area contributed by atoms with Crippen molar-refractivity contribution in [3.63, 3.8) is 0 Å². The van der Waals surface area contributed by atoms with Gasteiger partial charge in [-0.3, -0.25) is 15.0 Å². The number of nitrogens with zero attached hydrogens (tertiary/aromatic N) is 3. The fourth-order valence-corrected chi connectivity index (χ4v) is 4.17. The van der Waals surface area contributed by atoms with E-state index < -0.39 is 0 Å². The second-order valence-electron chi connectivity index (χ2n) is 7.66. The van der Waals surface area contributed by atoms with Crippen molar-refractivity contribution in [2.45, 2.75) is 0 Å². The van der Waals surface area contributed by atoms with Gasteiger partial charge in [0, 0.05) is 49.6 Å². The van der Waals surface area contributed by atoms with Crippen LogP contribution in [0.5, 0.6) is 0 Å². The Bertz CT molecular complexity index is 1570. The summed E-state index contributed by atoms with van der Waals surface area (Å²) in [5.41, 5.74) is 7.56. The topological polar surface area (TPSA) is 38.7 Å². The third-order valence-corrected chi connectivity index (χ3v) is 5.67. The molecule has 0 fully saturated rings. The van der Waals surface area contributed by atoms with E-state index in [-0.39, 0.29) is 21.1 Å². The van der Waals surface area contributed by atoms with Crippen LogP contribution in [0, 0.1) is 6.07 Å². The van der Waals surface area contributed by atoms with E-state index in [0.29, 0.717) is 0 Å². The molecular formula is C29H18N3Pt-. The molecule has 7 rings (SSSR count). The maximum atomic E-state index is 4.74. The second-order valence-corrected chi connectivity index (χ2v) is 7.66. The number of pyridine rings is 3. The molecule has 3 aromatic carbocycles. The van der Waals surface area contributed by atoms with Gasteiger partial charge in [-0.05, 0) is 35.0 Å². The van der Waals surface area contributed by atoms with Crippen molar-refractivity contribution >= 4 is 44.9 Å². The Morgan fingerprint density at radius 2 is 1.36 bits per heavy atom. The molecule has 0 saturated carbocycles. The van der Waals surface area contributed by atoms with Crippen LogP contribution in [0.3, 0.4) is 0 Å². The summed E-state index contributed by atoms with van der Waals surface area (Å²) in [4.78, 5) is 13.4. The van der Waals surface area contributed by atoms with E-state index >= 15 is 0 Å². The number of aromatic nitrogens is 3. The molecule has 0 spiro atoms. The van der Waals surface area contributed by atoms with Gasteiger partial charge >= 0.3 is 0 Å². The summed E-state index contributed by atoms with van der Waals surface area (Å²) in [5, 5.41) is 3.54. The number of hydrogen-bond acceptors (Lipinski definition) is 3. The van der Waals surface area contributed by atoms with Gasteiger partial charge in [0.25, 0.3) is 0 Å². The van der Waals surface area contributed by atoms with Crippen molar-refractivity contribution in [3.8, 4) is 11.3 Å². The largest absolute Gasteiger partial charge is 0.296 e. The van der Waals surface area contributed by atoms with Crippen LogP contribution in [0.1, 0.15) is 11.1 Å². The molecule has 0 amide bonds. The smallest absolute Gasteiger partial charge is 0.0964 e. The number of rotatable bonds is 1. The van der Waals surface area contributed by atoms with Gasteiger partial charge in [-0.1, -0.05) is 54.6 Å².